The standard InChI is InChI=1S/C12H9F4NO2S/c1-19-7-4-2-3-6(13)9(7)10(18)8-5-17-11(20-8)12(14,15)16/h2-5,10,18H,1H3. The van der Waals surface area contributed by atoms with Crippen LogP contribution in [0.15, 0.2) is 24.4 Å². The molecule has 8 heteroatoms. The Labute approximate surface area is 115 Å². The summed E-state index contributed by atoms with van der Waals surface area (Å²) in [5.74, 6) is -0.710. The second-order valence-electron chi connectivity index (χ2n) is 3.82. The van der Waals surface area contributed by atoms with Crippen LogP contribution in [0.2, 0.25) is 0 Å². The van der Waals surface area contributed by atoms with Gasteiger partial charge in [0.15, 0.2) is 5.01 Å². The molecule has 108 valence electrons. The molecule has 0 saturated carbocycles. The number of thiazole rings is 1. The first kappa shape index (κ1) is 14.7. The van der Waals surface area contributed by atoms with E-state index >= 15 is 0 Å². The summed E-state index contributed by atoms with van der Waals surface area (Å²) in [5, 5.41) is 8.95. The Kier molecular flexibility index (Phi) is 3.96. The van der Waals surface area contributed by atoms with Gasteiger partial charge in [-0.2, -0.15) is 13.2 Å². The Morgan fingerprint density at radius 3 is 2.60 bits per heavy atom. The summed E-state index contributed by atoms with van der Waals surface area (Å²) in [5.41, 5.74) is -0.215. The largest absolute Gasteiger partial charge is 0.496 e. The number of nitrogens with zero attached hydrogens (tertiary/aromatic N) is 1. The third-order valence-electron chi connectivity index (χ3n) is 2.54. The predicted molar refractivity (Wildman–Crippen MR) is 64.1 cm³/mol. The van der Waals surface area contributed by atoms with Gasteiger partial charge >= 0.3 is 6.18 Å². The molecule has 1 aromatic carbocycles. The highest BCUT2D eigenvalue weighted by Gasteiger charge is 2.35. The van der Waals surface area contributed by atoms with Gasteiger partial charge in [-0.15, -0.1) is 11.3 Å². The first-order valence-corrected chi connectivity index (χ1v) is 6.19. The quantitative estimate of drug-likeness (QED) is 0.884. The summed E-state index contributed by atoms with van der Waals surface area (Å²) in [6, 6.07) is 3.87. The summed E-state index contributed by atoms with van der Waals surface area (Å²) in [6.45, 7) is 0. The molecule has 0 fully saturated rings. The highest BCUT2D eigenvalue weighted by Crippen LogP contribution is 2.38. The van der Waals surface area contributed by atoms with Crippen molar-refractivity contribution in [3.05, 3.63) is 45.7 Å². The first-order valence-electron chi connectivity index (χ1n) is 5.38. The van der Waals surface area contributed by atoms with Gasteiger partial charge in [0, 0.05) is 6.20 Å². The number of aliphatic hydroxyl groups is 1. The van der Waals surface area contributed by atoms with Crippen molar-refractivity contribution in [3.8, 4) is 5.75 Å². The Bertz CT molecular complexity index is 612. The molecule has 0 radical (unpaired) electrons. The molecule has 20 heavy (non-hydrogen) atoms. The molecule has 2 rings (SSSR count). The molecule has 1 unspecified atom stereocenters. The maximum absolute atomic E-state index is 13.7. The Hall–Kier alpha value is -1.67. The van der Waals surface area contributed by atoms with Crippen molar-refractivity contribution in [3.63, 3.8) is 0 Å². The third-order valence-corrected chi connectivity index (χ3v) is 3.64. The molecule has 1 heterocycles. The van der Waals surface area contributed by atoms with Gasteiger partial charge in [0.2, 0.25) is 0 Å². The Balaban J connectivity index is 2.42. The lowest BCUT2D eigenvalue weighted by Crippen LogP contribution is -2.04. The zero-order valence-electron chi connectivity index (χ0n) is 10.1. The van der Waals surface area contributed by atoms with Crippen LogP contribution in [-0.2, 0) is 6.18 Å². The summed E-state index contributed by atoms with van der Waals surface area (Å²) >= 11 is 0.262. The van der Waals surface area contributed by atoms with E-state index in [0.29, 0.717) is 0 Å². The Morgan fingerprint density at radius 1 is 1.35 bits per heavy atom. The number of rotatable bonds is 3. The van der Waals surface area contributed by atoms with E-state index in [1.807, 2.05) is 0 Å². The van der Waals surface area contributed by atoms with Crippen LogP contribution in [0.4, 0.5) is 17.6 Å². The predicted octanol–water partition coefficient (Wildman–Crippen LogP) is 3.39. The second-order valence-corrected chi connectivity index (χ2v) is 4.89. The normalized spacial score (nSPS) is 13.3. The lowest BCUT2D eigenvalue weighted by Gasteiger charge is -2.13. The van der Waals surface area contributed by atoms with Crippen molar-refractivity contribution in [1.29, 1.82) is 0 Å². The minimum atomic E-state index is -4.60. The Morgan fingerprint density at radius 2 is 2.05 bits per heavy atom. The van der Waals surface area contributed by atoms with E-state index in [1.54, 1.807) is 0 Å². The fraction of sp³-hybridized carbons (Fsp3) is 0.250. The maximum Gasteiger partial charge on any atom is 0.443 e. The number of benzene rings is 1. The SMILES string of the molecule is COc1cccc(F)c1C(O)c1cnc(C(F)(F)F)s1. The maximum atomic E-state index is 13.7. The fourth-order valence-electron chi connectivity index (χ4n) is 1.65. The molecule has 2 aromatic rings. The van der Waals surface area contributed by atoms with Crippen LogP contribution in [0.25, 0.3) is 0 Å². The van der Waals surface area contributed by atoms with Crippen molar-refractivity contribution < 1.29 is 27.4 Å². The van der Waals surface area contributed by atoms with Gasteiger partial charge in [-0.1, -0.05) is 6.07 Å². The zero-order chi connectivity index (χ0) is 14.9. The lowest BCUT2D eigenvalue weighted by molar-refractivity contribution is -0.137. The summed E-state index contributed by atoms with van der Waals surface area (Å²) in [6.07, 6.45) is -5.29. The first-order chi connectivity index (χ1) is 9.34. The minimum Gasteiger partial charge on any atom is -0.496 e. The molecule has 1 aromatic heterocycles. The topological polar surface area (TPSA) is 42.4 Å². The van der Waals surface area contributed by atoms with E-state index in [9.17, 15) is 22.7 Å². The fourth-order valence-corrected chi connectivity index (χ4v) is 2.43. The lowest BCUT2D eigenvalue weighted by atomic mass is 10.1. The van der Waals surface area contributed by atoms with Crippen LogP contribution in [0.3, 0.4) is 0 Å². The summed E-state index contributed by atoms with van der Waals surface area (Å²) in [4.78, 5) is 3.08. The van der Waals surface area contributed by atoms with Crippen LogP contribution in [0.5, 0.6) is 5.75 Å². The van der Waals surface area contributed by atoms with Gasteiger partial charge in [0.05, 0.1) is 17.6 Å². The van der Waals surface area contributed by atoms with E-state index in [4.69, 9.17) is 4.74 Å². The third kappa shape index (κ3) is 2.75. The molecule has 0 aliphatic carbocycles. The smallest absolute Gasteiger partial charge is 0.443 e. The molecule has 1 atom stereocenters. The highest BCUT2D eigenvalue weighted by molar-refractivity contribution is 7.11. The van der Waals surface area contributed by atoms with E-state index in [0.717, 1.165) is 12.3 Å². The molecule has 0 aliphatic heterocycles. The zero-order valence-corrected chi connectivity index (χ0v) is 10.9. The van der Waals surface area contributed by atoms with Crippen LogP contribution in [-0.4, -0.2) is 17.2 Å². The van der Waals surface area contributed by atoms with Crippen molar-refractivity contribution in [1.82, 2.24) is 4.98 Å². The van der Waals surface area contributed by atoms with Crippen molar-refractivity contribution in [2.75, 3.05) is 7.11 Å². The number of hydrogen-bond acceptors (Lipinski definition) is 4. The molecule has 0 amide bonds. The van der Waals surface area contributed by atoms with E-state index < -0.39 is 23.1 Å². The number of aliphatic hydroxyl groups excluding tert-OH is 1. The van der Waals surface area contributed by atoms with Gasteiger partial charge in [-0.3, -0.25) is 0 Å². The molecule has 3 nitrogen and oxygen atoms in total. The van der Waals surface area contributed by atoms with E-state index in [1.165, 1.54) is 19.2 Å². The molecule has 0 bridgehead atoms. The molecule has 0 saturated heterocycles. The van der Waals surface area contributed by atoms with E-state index in [2.05, 4.69) is 4.98 Å². The second kappa shape index (κ2) is 5.37. The number of ether oxygens (including phenoxy) is 1. The minimum absolute atomic E-state index is 0.0551. The molecular formula is C12H9F4NO2S. The van der Waals surface area contributed by atoms with Crippen molar-refractivity contribution >= 4 is 11.3 Å². The summed E-state index contributed by atoms with van der Waals surface area (Å²) < 4.78 is 56.0. The van der Waals surface area contributed by atoms with Gasteiger partial charge in [-0.25, -0.2) is 9.37 Å². The molecular weight excluding hydrogens is 298 g/mol. The van der Waals surface area contributed by atoms with Gasteiger partial charge in [-0.05, 0) is 12.1 Å². The van der Waals surface area contributed by atoms with Gasteiger partial charge in [0.25, 0.3) is 0 Å². The van der Waals surface area contributed by atoms with Gasteiger partial charge < -0.3 is 9.84 Å². The average molecular weight is 307 g/mol. The number of aromatic nitrogens is 1. The van der Waals surface area contributed by atoms with Crippen molar-refractivity contribution in [2.24, 2.45) is 0 Å². The number of alkyl halides is 3. The average Bonchev–Trinajstić information content (AvgIpc) is 2.87. The van der Waals surface area contributed by atoms with E-state index in [-0.39, 0.29) is 27.5 Å². The molecule has 0 aliphatic rings. The highest BCUT2D eigenvalue weighted by atomic mass is 32.1. The summed E-state index contributed by atoms with van der Waals surface area (Å²) in [7, 11) is 1.28. The monoisotopic (exact) mass is 307 g/mol. The van der Waals surface area contributed by atoms with Crippen LogP contribution in [0.1, 0.15) is 21.6 Å². The molecule has 1 N–H and O–H groups in total. The number of halogens is 4. The van der Waals surface area contributed by atoms with Crippen LogP contribution in [0, 0.1) is 5.82 Å². The number of methoxy groups -OCH3 is 1. The van der Waals surface area contributed by atoms with Crippen LogP contribution < -0.4 is 4.74 Å². The van der Waals surface area contributed by atoms with Crippen LogP contribution >= 0.6 is 11.3 Å². The van der Waals surface area contributed by atoms with Gasteiger partial charge in [0.1, 0.15) is 17.7 Å². The molecule has 0 spiro atoms. The van der Waals surface area contributed by atoms with Crippen molar-refractivity contribution in [2.45, 2.75) is 12.3 Å². The number of hydrogen-bond donors (Lipinski definition) is 1.